The van der Waals surface area contributed by atoms with Gasteiger partial charge in [0.2, 0.25) is 0 Å². The van der Waals surface area contributed by atoms with Crippen molar-refractivity contribution in [3.05, 3.63) is 0 Å². The first-order valence-electron chi connectivity index (χ1n) is 2.29. The van der Waals surface area contributed by atoms with E-state index in [2.05, 4.69) is 4.31 Å². The van der Waals surface area contributed by atoms with Gasteiger partial charge in [-0.2, -0.15) is 0 Å². The topological polar surface area (TPSA) is 104 Å². The van der Waals surface area contributed by atoms with Gasteiger partial charge in [0, 0.05) is 65.7 Å². The molecule has 0 heterocycles. The van der Waals surface area contributed by atoms with E-state index in [0.717, 1.165) is 0 Å². The van der Waals surface area contributed by atoms with Gasteiger partial charge >= 0.3 is 16.5 Å². The maximum Gasteiger partial charge on any atom is 0.323 e. The molecule has 0 fully saturated rings. The maximum atomic E-state index is 9.44. The van der Waals surface area contributed by atoms with Gasteiger partial charge in [0.1, 0.15) is 0 Å². The zero-order valence-electron chi connectivity index (χ0n) is 7.27. The molecule has 0 aliphatic rings. The van der Waals surface area contributed by atoms with Crippen LogP contribution in [0.5, 0.6) is 0 Å². The van der Waals surface area contributed by atoms with Crippen LogP contribution in [0.2, 0.25) is 0 Å². The van der Waals surface area contributed by atoms with Gasteiger partial charge in [-0.15, -0.1) is 0 Å². The average molecular weight is 238 g/mol. The fourth-order valence-corrected chi connectivity index (χ4v) is 0.672. The van der Waals surface area contributed by atoms with E-state index in [1.807, 2.05) is 0 Å². The number of rotatable bonds is 2. The quantitative estimate of drug-likeness (QED) is 0.421. The Bertz CT molecular complexity index is 108. The van der Waals surface area contributed by atoms with E-state index in [-0.39, 0.29) is 65.7 Å². The van der Waals surface area contributed by atoms with Crippen LogP contribution in [-0.4, -0.2) is 80.6 Å². The van der Waals surface area contributed by atoms with Gasteiger partial charge in [-0.05, 0) is 6.92 Å². The average Bonchev–Trinajstić information content (AvgIpc) is 1.62. The van der Waals surface area contributed by atoms with Crippen LogP contribution in [0.4, 0.5) is 0 Å². The first kappa shape index (κ1) is 23.8. The molecule has 0 aromatic rings. The van der Waals surface area contributed by atoms with Gasteiger partial charge in [0.15, 0.2) is 0 Å². The maximum absolute atomic E-state index is 9.44. The zero-order chi connectivity index (χ0) is 8.57. The predicted molar refractivity (Wildman–Crippen MR) is 47.8 cm³/mol. The van der Waals surface area contributed by atoms with Crippen molar-refractivity contribution in [1.29, 1.82) is 0 Å². The third-order valence-electron chi connectivity index (χ3n) is 0.175. The molecule has 0 saturated heterocycles. The molecule has 12 heavy (non-hydrogen) atoms. The van der Waals surface area contributed by atoms with Gasteiger partial charge in [0.25, 0.3) is 0 Å². The molecule has 66 valence electrons. The summed E-state index contributed by atoms with van der Waals surface area (Å²) >= 11 is 0. The van der Waals surface area contributed by atoms with Crippen LogP contribution < -0.4 is 0 Å². The number of aliphatic hydroxyl groups is 1. The Hall–Kier alpha value is 2.30. The molecule has 0 aromatic carbocycles. The first-order chi connectivity index (χ1) is 4.54. The van der Waals surface area contributed by atoms with E-state index in [1.165, 1.54) is 0 Å². The van der Waals surface area contributed by atoms with Crippen molar-refractivity contribution in [2.24, 2.45) is 0 Å². The summed E-state index contributed by atoms with van der Waals surface area (Å²) in [5, 5.41) is 7.57. The monoisotopic (exact) mass is 238 g/mol. The Morgan fingerprint density at radius 1 is 1.17 bits per heavy atom. The Labute approximate surface area is 116 Å². The Morgan fingerprint density at radius 2 is 1.33 bits per heavy atom. The Kier molecular flexibility index (Phi) is 37.7. The van der Waals surface area contributed by atoms with E-state index in [9.17, 15) is 9.13 Å². The molecule has 0 amide bonds. The summed E-state index contributed by atoms with van der Waals surface area (Å²) in [4.78, 5) is 15.4. The first-order valence-corrected chi connectivity index (χ1v) is 4.81. The van der Waals surface area contributed by atoms with Crippen LogP contribution in [0.25, 0.3) is 0 Å². The summed E-state index contributed by atoms with van der Waals surface area (Å²) < 4.78 is 22.3. The van der Waals surface area contributed by atoms with Crippen molar-refractivity contribution in [2.45, 2.75) is 6.92 Å². The third kappa shape index (κ3) is 39.6. The molecule has 0 bridgehead atoms. The minimum Gasteiger partial charge on any atom is -0.397 e. The second kappa shape index (κ2) is 19.0. The summed E-state index contributed by atoms with van der Waals surface area (Å²) in [6, 6.07) is 0. The van der Waals surface area contributed by atoms with Gasteiger partial charge < -0.3 is 14.9 Å². The fraction of sp³-hybridized carbons (Fsp3) is 1.00. The number of aliphatic hydroxyl groups excluding tert-OH is 1. The minimum atomic E-state index is -3.20. The standard InChI is InChI=1S/C2H6O.2Na.H4O5P2/c1-2-3;;;1-6(2)5-7(3)4/h3H,2H2,1H3;;;6-7H,(H,1,2)(H,3,4). The molecule has 0 saturated carbocycles. The summed E-state index contributed by atoms with van der Waals surface area (Å²) in [6.45, 7) is 1.93. The van der Waals surface area contributed by atoms with E-state index < -0.39 is 16.5 Å². The van der Waals surface area contributed by atoms with Gasteiger partial charge in [-0.1, -0.05) is 0 Å². The van der Waals surface area contributed by atoms with Crippen LogP contribution in [-0.2, 0) is 13.4 Å². The smallest absolute Gasteiger partial charge is 0.323 e. The minimum absolute atomic E-state index is 0. The molecule has 2 unspecified atom stereocenters. The zero-order valence-corrected chi connectivity index (χ0v) is 13.3. The SMILES string of the molecule is CCO.O=[PH](O)O[PH](=O)O.[Na].[Na]. The molecule has 0 spiro atoms. The van der Waals surface area contributed by atoms with E-state index in [0.29, 0.717) is 0 Å². The molecule has 3 N–H and O–H groups in total. The molecule has 0 aliphatic heterocycles. The van der Waals surface area contributed by atoms with E-state index in [4.69, 9.17) is 14.9 Å². The van der Waals surface area contributed by atoms with Gasteiger partial charge in [-0.25, -0.2) is 4.31 Å². The molecular formula is C2H10Na2O6P2. The summed E-state index contributed by atoms with van der Waals surface area (Å²) in [5.41, 5.74) is 0. The van der Waals surface area contributed by atoms with Crippen LogP contribution in [0.15, 0.2) is 0 Å². The molecule has 10 heteroatoms. The normalized spacial score (nSPS) is 12.3. The van der Waals surface area contributed by atoms with E-state index in [1.54, 1.807) is 6.92 Å². The predicted octanol–water partition coefficient (Wildman–Crippen LogP) is -0.996. The molecule has 2 radical (unpaired) electrons. The second-order valence-corrected chi connectivity index (χ2v) is 2.83. The van der Waals surface area contributed by atoms with Crippen molar-refractivity contribution >= 4 is 75.6 Å². The number of hydrogen-bond acceptors (Lipinski definition) is 4. The second-order valence-electron chi connectivity index (χ2n) is 0.950. The fourth-order valence-electron chi connectivity index (χ4n) is 0.0747. The number of hydrogen-bond donors (Lipinski definition) is 3. The molecule has 0 rings (SSSR count). The van der Waals surface area contributed by atoms with Crippen molar-refractivity contribution in [1.82, 2.24) is 0 Å². The third-order valence-corrected chi connectivity index (χ3v) is 1.57. The molecule has 2 atom stereocenters. The Morgan fingerprint density at radius 3 is 1.33 bits per heavy atom. The molecule has 0 aliphatic carbocycles. The van der Waals surface area contributed by atoms with Crippen LogP contribution in [0.3, 0.4) is 0 Å². The van der Waals surface area contributed by atoms with Gasteiger partial charge in [0.05, 0.1) is 0 Å². The summed E-state index contributed by atoms with van der Waals surface area (Å²) in [7, 11) is -6.40. The van der Waals surface area contributed by atoms with Crippen molar-refractivity contribution in [2.75, 3.05) is 6.61 Å². The summed E-state index contributed by atoms with van der Waals surface area (Å²) in [6.07, 6.45) is 0. The van der Waals surface area contributed by atoms with E-state index >= 15 is 0 Å². The Balaban J connectivity index is -0.0000000569. The van der Waals surface area contributed by atoms with Crippen LogP contribution in [0, 0.1) is 0 Å². The van der Waals surface area contributed by atoms with Crippen LogP contribution in [0.1, 0.15) is 6.92 Å². The van der Waals surface area contributed by atoms with Gasteiger partial charge in [-0.3, -0.25) is 9.13 Å². The largest absolute Gasteiger partial charge is 0.397 e. The molecular weight excluding hydrogens is 228 g/mol. The molecule has 6 nitrogen and oxygen atoms in total. The van der Waals surface area contributed by atoms with Crippen LogP contribution >= 0.6 is 16.5 Å². The van der Waals surface area contributed by atoms with Crippen molar-refractivity contribution in [3.63, 3.8) is 0 Å². The summed E-state index contributed by atoms with van der Waals surface area (Å²) in [5.74, 6) is 0. The van der Waals surface area contributed by atoms with Crippen molar-refractivity contribution in [3.8, 4) is 0 Å². The van der Waals surface area contributed by atoms with Crippen molar-refractivity contribution < 1.29 is 28.3 Å². The molecule has 0 aromatic heterocycles.